The van der Waals surface area contributed by atoms with Crippen molar-refractivity contribution in [3.63, 3.8) is 0 Å². The molecule has 0 bridgehead atoms. The Morgan fingerprint density at radius 1 is 1.14 bits per heavy atom. The van der Waals surface area contributed by atoms with Gasteiger partial charge in [-0.1, -0.05) is 18.2 Å². The van der Waals surface area contributed by atoms with Crippen LogP contribution in [0.2, 0.25) is 0 Å². The molecule has 1 atom stereocenters. The van der Waals surface area contributed by atoms with Crippen molar-refractivity contribution in [2.75, 3.05) is 7.11 Å². The van der Waals surface area contributed by atoms with Crippen LogP contribution in [0, 0.1) is 0 Å². The molecule has 1 aromatic heterocycles. The van der Waals surface area contributed by atoms with E-state index in [9.17, 15) is 19.5 Å². The highest BCUT2D eigenvalue weighted by Crippen LogP contribution is 2.20. The van der Waals surface area contributed by atoms with E-state index < -0.39 is 29.7 Å². The van der Waals surface area contributed by atoms with Crippen molar-refractivity contribution in [3.8, 4) is 11.3 Å². The van der Waals surface area contributed by atoms with Gasteiger partial charge in [0.25, 0.3) is 0 Å². The Bertz CT molecular complexity index is 904. The second kappa shape index (κ2) is 9.18. The second-order valence-corrected chi connectivity index (χ2v) is 7.33. The fraction of sp³-hybridized carbons (Fsp3) is 0.333. The number of benzene rings is 1. The van der Waals surface area contributed by atoms with Crippen molar-refractivity contribution in [1.29, 1.82) is 0 Å². The van der Waals surface area contributed by atoms with Gasteiger partial charge in [0.15, 0.2) is 0 Å². The van der Waals surface area contributed by atoms with Crippen LogP contribution in [0.3, 0.4) is 0 Å². The summed E-state index contributed by atoms with van der Waals surface area (Å²) in [6.07, 6.45) is -0.842. The normalized spacial score (nSPS) is 12.0. The largest absolute Gasteiger partial charge is 0.480 e. The van der Waals surface area contributed by atoms with Gasteiger partial charge in [0, 0.05) is 17.7 Å². The van der Waals surface area contributed by atoms with Gasteiger partial charge < -0.3 is 19.9 Å². The molecule has 8 nitrogen and oxygen atoms in total. The SMILES string of the molecule is COC(=O)c1cccc(-c2cccc(CC(NC(=O)OC(C)(C)C)C(=O)O)n2)c1. The average Bonchev–Trinajstić information content (AvgIpc) is 2.65. The molecular formula is C21H24N2O6. The van der Waals surface area contributed by atoms with Gasteiger partial charge in [-0.05, 0) is 45.0 Å². The number of hydrogen-bond acceptors (Lipinski definition) is 6. The highest BCUT2D eigenvalue weighted by Gasteiger charge is 2.24. The minimum atomic E-state index is -1.20. The molecule has 0 aliphatic rings. The number of alkyl carbamates (subject to hydrolysis) is 1. The van der Waals surface area contributed by atoms with E-state index in [1.165, 1.54) is 7.11 Å². The summed E-state index contributed by atoms with van der Waals surface area (Å²) in [5.74, 6) is -1.66. The number of carboxylic acids is 1. The lowest BCUT2D eigenvalue weighted by atomic mass is 10.1. The third-order valence-corrected chi connectivity index (χ3v) is 3.79. The lowest BCUT2D eigenvalue weighted by Gasteiger charge is -2.22. The van der Waals surface area contributed by atoms with E-state index in [0.717, 1.165) is 0 Å². The maximum Gasteiger partial charge on any atom is 0.408 e. The smallest absolute Gasteiger partial charge is 0.408 e. The number of aromatic nitrogens is 1. The molecule has 1 unspecified atom stereocenters. The Kier molecular flexibility index (Phi) is 6.93. The number of pyridine rings is 1. The third kappa shape index (κ3) is 6.60. The quantitative estimate of drug-likeness (QED) is 0.716. The summed E-state index contributed by atoms with van der Waals surface area (Å²) in [6, 6.07) is 10.7. The summed E-state index contributed by atoms with van der Waals surface area (Å²) >= 11 is 0. The van der Waals surface area contributed by atoms with Gasteiger partial charge in [0.2, 0.25) is 0 Å². The first-order valence-corrected chi connectivity index (χ1v) is 8.96. The van der Waals surface area contributed by atoms with E-state index in [4.69, 9.17) is 9.47 Å². The van der Waals surface area contributed by atoms with Gasteiger partial charge in [0.1, 0.15) is 11.6 Å². The highest BCUT2D eigenvalue weighted by molar-refractivity contribution is 5.90. The van der Waals surface area contributed by atoms with Crippen molar-refractivity contribution in [2.45, 2.75) is 38.8 Å². The van der Waals surface area contributed by atoms with Crippen molar-refractivity contribution in [3.05, 3.63) is 53.7 Å². The molecule has 8 heteroatoms. The maximum atomic E-state index is 11.9. The number of ether oxygens (including phenoxy) is 2. The molecular weight excluding hydrogens is 376 g/mol. The number of rotatable bonds is 6. The predicted octanol–water partition coefficient (Wildman–Crippen LogP) is 3.06. The van der Waals surface area contributed by atoms with Crippen molar-refractivity contribution < 1.29 is 29.0 Å². The molecule has 2 aromatic rings. The number of hydrogen-bond donors (Lipinski definition) is 2. The zero-order valence-corrected chi connectivity index (χ0v) is 16.8. The number of esters is 1. The Labute approximate surface area is 168 Å². The molecule has 0 fully saturated rings. The van der Waals surface area contributed by atoms with Crippen molar-refractivity contribution >= 4 is 18.0 Å². The molecule has 154 valence electrons. The van der Waals surface area contributed by atoms with Gasteiger partial charge in [-0.3, -0.25) is 4.98 Å². The number of carbonyl (C=O) groups is 3. The maximum absolute atomic E-state index is 11.9. The molecule has 29 heavy (non-hydrogen) atoms. The lowest BCUT2D eigenvalue weighted by molar-refractivity contribution is -0.139. The molecule has 0 aliphatic carbocycles. The molecule has 2 N–H and O–H groups in total. The number of aliphatic carboxylic acids is 1. The van der Waals surface area contributed by atoms with Gasteiger partial charge in [-0.2, -0.15) is 0 Å². The van der Waals surface area contributed by atoms with Crippen LogP contribution in [0.1, 0.15) is 36.8 Å². The number of nitrogens with one attached hydrogen (secondary N) is 1. The Morgan fingerprint density at radius 3 is 2.45 bits per heavy atom. The zero-order valence-electron chi connectivity index (χ0n) is 16.8. The van der Waals surface area contributed by atoms with Gasteiger partial charge >= 0.3 is 18.0 Å². The third-order valence-electron chi connectivity index (χ3n) is 3.79. The number of carboxylic acid groups (broad SMARTS) is 1. The predicted molar refractivity (Wildman–Crippen MR) is 106 cm³/mol. The Morgan fingerprint density at radius 2 is 1.83 bits per heavy atom. The standard InChI is InChI=1S/C21H24N2O6/c1-21(2,3)29-20(27)23-17(18(24)25)12-15-9-6-10-16(22-15)13-7-5-8-14(11-13)19(26)28-4/h5-11,17H,12H2,1-4H3,(H,23,27)(H,24,25). The van der Waals surface area contributed by atoms with Crippen LogP contribution in [0.25, 0.3) is 11.3 Å². The second-order valence-electron chi connectivity index (χ2n) is 7.33. The van der Waals surface area contributed by atoms with E-state index in [2.05, 4.69) is 10.3 Å². The highest BCUT2D eigenvalue weighted by atomic mass is 16.6. The van der Waals surface area contributed by atoms with Gasteiger partial charge in [0.05, 0.1) is 18.4 Å². The van der Waals surface area contributed by atoms with E-state index in [1.54, 1.807) is 63.2 Å². The van der Waals surface area contributed by atoms with E-state index in [0.29, 0.717) is 22.5 Å². The molecule has 0 aliphatic heterocycles. The van der Waals surface area contributed by atoms with Crippen molar-refractivity contribution in [1.82, 2.24) is 10.3 Å². The van der Waals surface area contributed by atoms with Crippen LogP contribution < -0.4 is 5.32 Å². The van der Waals surface area contributed by atoms with Crippen molar-refractivity contribution in [2.24, 2.45) is 0 Å². The van der Waals surface area contributed by atoms with Crippen LogP contribution in [0.4, 0.5) is 4.79 Å². The van der Waals surface area contributed by atoms with E-state index >= 15 is 0 Å². The van der Waals surface area contributed by atoms with Crippen LogP contribution in [-0.2, 0) is 20.7 Å². The van der Waals surface area contributed by atoms with Gasteiger partial charge in [-0.25, -0.2) is 14.4 Å². The minimum Gasteiger partial charge on any atom is -0.480 e. The molecule has 2 rings (SSSR count). The molecule has 1 aromatic carbocycles. The number of carbonyl (C=O) groups excluding carboxylic acids is 2. The molecule has 0 radical (unpaired) electrons. The van der Waals surface area contributed by atoms with Crippen LogP contribution in [0.5, 0.6) is 0 Å². The fourth-order valence-electron chi connectivity index (χ4n) is 2.54. The number of methoxy groups -OCH3 is 1. The zero-order chi connectivity index (χ0) is 21.6. The molecule has 0 saturated heterocycles. The first kappa shape index (κ1) is 21.9. The lowest BCUT2D eigenvalue weighted by Crippen LogP contribution is -2.44. The molecule has 0 spiro atoms. The van der Waals surface area contributed by atoms with Gasteiger partial charge in [-0.15, -0.1) is 0 Å². The minimum absolute atomic E-state index is 0.0287. The summed E-state index contributed by atoms with van der Waals surface area (Å²) < 4.78 is 9.84. The first-order valence-electron chi connectivity index (χ1n) is 8.96. The molecule has 1 amide bonds. The van der Waals surface area contributed by atoms with E-state index in [1.807, 2.05) is 0 Å². The summed E-state index contributed by atoms with van der Waals surface area (Å²) in [7, 11) is 1.30. The summed E-state index contributed by atoms with van der Waals surface area (Å²) in [5, 5.41) is 11.8. The van der Waals surface area contributed by atoms with Crippen LogP contribution in [-0.4, -0.2) is 46.9 Å². The monoisotopic (exact) mass is 400 g/mol. The number of nitrogens with zero attached hydrogens (tertiary/aromatic N) is 1. The summed E-state index contributed by atoms with van der Waals surface area (Å²) in [5.41, 5.74) is 1.36. The average molecular weight is 400 g/mol. The number of amides is 1. The van der Waals surface area contributed by atoms with Crippen LogP contribution >= 0.6 is 0 Å². The summed E-state index contributed by atoms with van der Waals surface area (Å²) in [6.45, 7) is 5.07. The summed E-state index contributed by atoms with van der Waals surface area (Å²) in [4.78, 5) is 39.7. The Hall–Kier alpha value is -3.42. The first-order chi connectivity index (χ1) is 13.6. The van der Waals surface area contributed by atoms with Crippen LogP contribution in [0.15, 0.2) is 42.5 Å². The fourth-order valence-corrected chi connectivity index (χ4v) is 2.54. The molecule has 1 heterocycles. The molecule has 0 saturated carbocycles. The Balaban J connectivity index is 2.20. The van der Waals surface area contributed by atoms with E-state index in [-0.39, 0.29) is 6.42 Å². The topological polar surface area (TPSA) is 115 Å².